The number of aromatic nitrogens is 1. The third-order valence-electron chi connectivity index (χ3n) is 1.63. The minimum Gasteiger partial charge on any atom is -0.361 e. The van der Waals surface area contributed by atoms with Gasteiger partial charge in [-0.15, -0.1) is 0 Å². The topological polar surface area (TPSA) is 67.8 Å². The number of fused-ring (bicyclic) bond motifs is 1. The van der Waals surface area contributed by atoms with E-state index in [2.05, 4.69) is 23.2 Å². The van der Waals surface area contributed by atoms with Crippen LogP contribution in [0.15, 0.2) is 36.5 Å². The Balaban J connectivity index is 0.000000184. The fourth-order valence-corrected chi connectivity index (χ4v) is 0.995. The molecule has 0 bridgehead atoms. The highest BCUT2D eigenvalue weighted by Gasteiger charge is 1.86. The van der Waals surface area contributed by atoms with Crippen LogP contribution in [0.4, 0.5) is 0 Å². The van der Waals surface area contributed by atoms with Gasteiger partial charge in [0.1, 0.15) is 0 Å². The normalized spacial score (nSPS) is 9.38. The van der Waals surface area contributed by atoms with E-state index in [9.17, 15) is 0 Å². The van der Waals surface area contributed by atoms with Crippen LogP contribution in [0.3, 0.4) is 0 Å². The molecule has 1 heterocycles. The first-order chi connectivity index (χ1) is 6.38. The van der Waals surface area contributed by atoms with Crippen molar-refractivity contribution in [3.8, 4) is 0 Å². The lowest BCUT2D eigenvalue weighted by molar-refractivity contribution is 0.976. The molecule has 3 nitrogen and oxygen atoms in total. The molecule has 0 fully saturated rings. The van der Waals surface area contributed by atoms with Crippen LogP contribution in [0.5, 0.6) is 0 Å². The lowest BCUT2D eigenvalue weighted by Crippen LogP contribution is -2.11. The molecule has 0 radical (unpaired) electrons. The molecular weight excluding hydrogens is 162 g/mol. The molecule has 0 spiro atoms. The van der Waals surface area contributed by atoms with Gasteiger partial charge in [-0.25, -0.2) is 0 Å². The number of nitrogens with one attached hydrogen (secondary N) is 1. The number of hydrogen-bond donors (Lipinski definition) is 3. The summed E-state index contributed by atoms with van der Waals surface area (Å²) in [5, 5.41) is 1.28. The van der Waals surface area contributed by atoms with Gasteiger partial charge in [0.15, 0.2) is 0 Å². The molecule has 0 saturated heterocycles. The first-order valence-electron chi connectivity index (χ1n) is 4.30. The van der Waals surface area contributed by atoms with Gasteiger partial charge in [-0.2, -0.15) is 0 Å². The SMILES string of the molecule is NCCN.c1ccc2[nH]ccc2c1. The van der Waals surface area contributed by atoms with Crippen molar-refractivity contribution < 1.29 is 0 Å². The number of rotatable bonds is 1. The zero-order valence-corrected chi connectivity index (χ0v) is 7.53. The van der Waals surface area contributed by atoms with Crippen LogP contribution in [0.1, 0.15) is 0 Å². The second-order valence-electron chi connectivity index (χ2n) is 2.64. The molecule has 0 atom stereocenters. The molecule has 0 unspecified atom stereocenters. The van der Waals surface area contributed by atoms with E-state index in [-0.39, 0.29) is 0 Å². The quantitative estimate of drug-likeness (QED) is 0.610. The summed E-state index contributed by atoms with van der Waals surface area (Å²) in [4.78, 5) is 3.12. The maximum absolute atomic E-state index is 4.90. The fourth-order valence-electron chi connectivity index (χ4n) is 0.995. The fraction of sp³-hybridized carbons (Fsp3) is 0.200. The first kappa shape index (κ1) is 9.77. The standard InChI is InChI=1S/C8H7N.C2H8N2/c1-2-4-8-7(3-1)5-6-9-8;3-1-2-4/h1-6,9H;1-4H2. The minimum atomic E-state index is 0.597. The third-order valence-corrected chi connectivity index (χ3v) is 1.63. The maximum Gasteiger partial charge on any atom is 0.0453 e. The molecule has 2 aromatic rings. The highest BCUT2D eigenvalue weighted by atomic mass is 14.7. The van der Waals surface area contributed by atoms with E-state index >= 15 is 0 Å². The second-order valence-corrected chi connectivity index (χ2v) is 2.64. The Hall–Kier alpha value is -1.32. The van der Waals surface area contributed by atoms with Gasteiger partial charge >= 0.3 is 0 Å². The van der Waals surface area contributed by atoms with Crippen molar-refractivity contribution in [3.05, 3.63) is 36.5 Å². The van der Waals surface area contributed by atoms with Crippen molar-refractivity contribution in [2.75, 3.05) is 13.1 Å². The highest BCUT2D eigenvalue weighted by molar-refractivity contribution is 5.78. The van der Waals surface area contributed by atoms with Crippen molar-refractivity contribution in [2.45, 2.75) is 0 Å². The van der Waals surface area contributed by atoms with Crippen LogP contribution >= 0.6 is 0 Å². The largest absolute Gasteiger partial charge is 0.361 e. The Bertz CT molecular complexity index is 308. The van der Waals surface area contributed by atoms with Crippen LogP contribution < -0.4 is 11.5 Å². The summed E-state index contributed by atoms with van der Waals surface area (Å²) in [6, 6.07) is 10.3. The van der Waals surface area contributed by atoms with Gasteiger partial charge in [0.05, 0.1) is 0 Å². The van der Waals surface area contributed by atoms with E-state index in [4.69, 9.17) is 11.5 Å². The zero-order valence-electron chi connectivity index (χ0n) is 7.53. The molecule has 2 rings (SSSR count). The first-order valence-corrected chi connectivity index (χ1v) is 4.30. The number of H-pyrrole nitrogens is 1. The molecule has 1 aromatic carbocycles. The lowest BCUT2D eigenvalue weighted by atomic mass is 10.3. The Morgan fingerprint density at radius 2 is 1.69 bits per heavy atom. The highest BCUT2D eigenvalue weighted by Crippen LogP contribution is 2.09. The predicted octanol–water partition coefficient (Wildman–Crippen LogP) is 1.07. The zero-order chi connectivity index (χ0) is 9.52. The average Bonchev–Trinajstić information content (AvgIpc) is 2.66. The Morgan fingerprint density at radius 1 is 1.00 bits per heavy atom. The van der Waals surface area contributed by atoms with E-state index < -0.39 is 0 Å². The van der Waals surface area contributed by atoms with Crippen molar-refractivity contribution in [1.29, 1.82) is 0 Å². The Morgan fingerprint density at radius 3 is 2.31 bits per heavy atom. The third kappa shape index (κ3) is 2.89. The number of hydrogen-bond acceptors (Lipinski definition) is 2. The molecule has 0 aliphatic rings. The van der Waals surface area contributed by atoms with Crippen molar-refractivity contribution in [3.63, 3.8) is 0 Å². The number of aromatic amines is 1. The molecule has 0 saturated carbocycles. The van der Waals surface area contributed by atoms with E-state index in [0.29, 0.717) is 13.1 Å². The van der Waals surface area contributed by atoms with Gasteiger partial charge < -0.3 is 16.5 Å². The van der Waals surface area contributed by atoms with Gasteiger partial charge in [-0.05, 0) is 17.5 Å². The van der Waals surface area contributed by atoms with Gasteiger partial charge in [-0.1, -0.05) is 18.2 Å². The Labute approximate surface area is 77.7 Å². The van der Waals surface area contributed by atoms with Crippen molar-refractivity contribution in [2.24, 2.45) is 11.5 Å². The Kier molecular flexibility index (Phi) is 4.02. The van der Waals surface area contributed by atoms with E-state index in [0.717, 1.165) is 0 Å². The maximum atomic E-state index is 4.90. The van der Waals surface area contributed by atoms with E-state index in [1.807, 2.05) is 18.3 Å². The monoisotopic (exact) mass is 177 g/mol. The van der Waals surface area contributed by atoms with E-state index in [1.54, 1.807) is 0 Å². The van der Waals surface area contributed by atoms with Gasteiger partial charge in [0.2, 0.25) is 0 Å². The van der Waals surface area contributed by atoms with Crippen molar-refractivity contribution in [1.82, 2.24) is 4.98 Å². The van der Waals surface area contributed by atoms with Crippen LogP contribution in [-0.4, -0.2) is 18.1 Å². The summed E-state index contributed by atoms with van der Waals surface area (Å²) in [7, 11) is 0. The van der Waals surface area contributed by atoms with Crippen LogP contribution in [0.25, 0.3) is 10.9 Å². The molecular formula is C10H15N3. The molecule has 0 aliphatic carbocycles. The summed E-state index contributed by atoms with van der Waals surface area (Å²) in [6.07, 6.45) is 1.95. The average molecular weight is 177 g/mol. The lowest BCUT2D eigenvalue weighted by Gasteiger charge is -1.83. The molecule has 0 aliphatic heterocycles. The number of benzene rings is 1. The van der Waals surface area contributed by atoms with Crippen LogP contribution in [0, 0.1) is 0 Å². The van der Waals surface area contributed by atoms with Gasteiger partial charge in [0, 0.05) is 24.8 Å². The smallest absolute Gasteiger partial charge is 0.0453 e. The van der Waals surface area contributed by atoms with Crippen LogP contribution in [0.2, 0.25) is 0 Å². The number of nitrogens with two attached hydrogens (primary N) is 2. The minimum absolute atomic E-state index is 0.597. The molecule has 5 N–H and O–H groups in total. The van der Waals surface area contributed by atoms with E-state index in [1.165, 1.54) is 10.9 Å². The second kappa shape index (κ2) is 5.35. The molecule has 70 valence electrons. The summed E-state index contributed by atoms with van der Waals surface area (Å²) in [5.74, 6) is 0. The predicted molar refractivity (Wildman–Crippen MR) is 56.4 cm³/mol. The van der Waals surface area contributed by atoms with Crippen LogP contribution in [-0.2, 0) is 0 Å². The van der Waals surface area contributed by atoms with Gasteiger partial charge in [0.25, 0.3) is 0 Å². The summed E-state index contributed by atoms with van der Waals surface area (Å²) in [5.41, 5.74) is 11.0. The molecule has 3 heteroatoms. The van der Waals surface area contributed by atoms with Gasteiger partial charge in [-0.3, -0.25) is 0 Å². The molecule has 1 aromatic heterocycles. The molecule has 0 amide bonds. The molecule has 13 heavy (non-hydrogen) atoms. The number of para-hydroxylation sites is 1. The summed E-state index contributed by atoms with van der Waals surface area (Å²) in [6.45, 7) is 1.19. The van der Waals surface area contributed by atoms with Crippen molar-refractivity contribution >= 4 is 10.9 Å². The summed E-state index contributed by atoms with van der Waals surface area (Å²) >= 11 is 0. The summed E-state index contributed by atoms with van der Waals surface area (Å²) < 4.78 is 0.